The van der Waals surface area contributed by atoms with Crippen molar-refractivity contribution in [3.63, 3.8) is 0 Å². The quantitative estimate of drug-likeness (QED) is 0.266. The van der Waals surface area contributed by atoms with Crippen LogP contribution in [0.1, 0.15) is 31.7 Å². The Morgan fingerprint density at radius 1 is 1.50 bits per heavy atom. The molecule has 0 heterocycles. The van der Waals surface area contributed by atoms with Crippen molar-refractivity contribution in [2.24, 2.45) is 16.8 Å². The maximum absolute atomic E-state index is 9.07. The van der Waals surface area contributed by atoms with Crippen molar-refractivity contribution < 1.29 is 5.21 Å². The Bertz CT molecular complexity index is 486. The Morgan fingerprint density at radius 3 is 2.80 bits per heavy atom. The summed E-state index contributed by atoms with van der Waals surface area (Å²) in [6.45, 7) is 4.25. The number of hydrogen-bond donors (Lipinski definition) is 2. The second kappa shape index (κ2) is 6.88. The predicted octanol–water partition coefficient (Wildman–Crippen LogP) is 3.13. The molecule has 1 aromatic rings. The molecule has 1 aliphatic rings. The molecule has 1 saturated carbocycles. The van der Waals surface area contributed by atoms with Crippen LogP contribution >= 0.6 is 11.8 Å². The molecule has 3 N–H and O–H groups in total. The van der Waals surface area contributed by atoms with Gasteiger partial charge in [0.2, 0.25) is 0 Å². The highest BCUT2D eigenvalue weighted by Crippen LogP contribution is 2.35. The molecule has 0 unspecified atom stereocenters. The van der Waals surface area contributed by atoms with Crippen molar-refractivity contribution in [2.45, 2.75) is 31.1 Å². The van der Waals surface area contributed by atoms with E-state index in [-0.39, 0.29) is 5.84 Å². The van der Waals surface area contributed by atoms with E-state index in [0.717, 1.165) is 41.6 Å². The summed E-state index contributed by atoms with van der Waals surface area (Å²) >= 11 is 1.62. The number of hydrogen-bond acceptors (Lipinski definition) is 4. The first-order chi connectivity index (χ1) is 9.71. The van der Waals surface area contributed by atoms with Gasteiger partial charge in [-0.3, -0.25) is 0 Å². The summed E-state index contributed by atoms with van der Waals surface area (Å²) in [7, 11) is 0. The van der Waals surface area contributed by atoms with E-state index < -0.39 is 0 Å². The van der Waals surface area contributed by atoms with E-state index in [2.05, 4.69) is 23.0 Å². The molecule has 0 bridgehead atoms. The summed E-state index contributed by atoms with van der Waals surface area (Å²) in [5.74, 6) is 1.00. The summed E-state index contributed by atoms with van der Waals surface area (Å²) in [6, 6.07) is 6.14. The van der Waals surface area contributed by atoms with Crippen LogP contribution < -0.4 is 10.6 Å². The standard InChI is InChI=1S/C15H23N3OS/c1-3-9-18(10-11-7-8-11)12-5-4-6-13(20-2)14(12)15(16)17-19/h4-6,11,19H,3,7-10H2,1-2H3,(H2,16,17). The van der Waals surface area contributed by atoms with Crippen LogP contribution in [0, 0.1) is 5.92 Å². The molecule has 0 atom stereocenters. The molecule has 20 heavy (non-hydrogen) atoms. The Morgan fingerprint density at radius 2 is 2.25 bits per heavy atom. The third-order valence-corrected chi connectivity index (χ3v) is 4.38. The number of oxime groups is 1. The summed E-state index contributed by atoms with van der Waals surface area (Å²) in [6.07, 6.45) is 5.74. The molecule has 0 amide bonds. The largest absolute Gasteiger partial charge is 0.409 e. The molecule has 5 heteroatoms. The van der Waals surface area contributed by atoms with Gasteiger partial charge in [-0.05, 0) is 43.6 Å². The number of benzene rings is 1. The van der Waals surface area contributed by atoms with Crippen molar-refractivity contribution in [1.82, 2.24) is 0 Å². The van der Waals surface area contributed by atoms with Crippen LogP contribution in [0.2, 0.25) is 0 Å². The van der Waals surface area contributed by atoms with E-state index in [1.807, 2.05) is 18.4 Å². The SMILES string of the molecule is CCCN(CC1CC1)c1cccc(SC)c1/C(N)=N/O. The lowest BCUT2D eigenvalue weighted by Crippen LogP contribution is -2.29. The normalized spacial score (nSPS) is 15.4. The molecule has 0 radical (unpaired) electrons. The van der Waals surface area contributed by atoms with Gasteiger partial charge in [-0.15, -0.1) is 11.8 Å². The molecule has 110 valence electrons. The van der Waals surface area contributed by atoms with Crippen LogP contribution in [0.3, 0.4) is 0 Å². The molecule has 0 saturated heterocycles. The van der Waals surface area contributed by atoms with Gasteiger partial charge in [0.05, 0.1) is 5.56 Å². The molecule has 0 spiro atoms. The first-order valence-corrected chi connectivity index (χ1v) is 8.33. The molecule has 2 rings (SSSR count). The number of rotatable bonds is 7. The molecule has 1 aliphatic carbocycles. The average molecular weight is 293 g/mol. The first kappa shape index (κ1) is 15.0. The minimum absolute atomic E-state index is 0.196. The van der Waals surface area contributed by atoms with E-state index in [4.69, 9.17) is 10.9 Å². The van der Waals surface area contributed by atoms with Gasteiger partial charge in [0.25, 0.3) is 0 Å². The van der Waals surface area contributed by atoms with Gasteiger partial charge in [0, 0.05) is 23.7 Å². The first-order valence-electron chi connectivity index (χ1n) is 7.11. The molecule has 1 fully saturated rings. The fraction of sp³-hybridized carbons (Fsp3) is 0.533. The second-order valence-electron chi connectivity index (χ2n) is 5.23. The maximum atomic E-state index is 9.07. The van der Waals surface area contributed by atoms with Crippen molar-refractivity contribution in [3.05, 3.63) is 23.8 Å². The zero-order chi connectivity index (χ0) is 14.5. The molecule has 0 aromatic heterocycles. The van der Waals surface area contributed by atoms with E-state index in [9.17, 15) is 0 Å². The van der Waals surface area contributed by atoms with E-state index in [1.54, 1.807) is 11.8 Å². The van der Waals surface area contributed by atoms with Crippen LogP contribution in [0.25, 0.3) is 0 Å². The number of nitrogens with zero attached hydrogens (tertiary/aromatic N) is 2. The Kier molecular flexibility index (Phi) is 5.17. The zero-order valence-corrected chi connectivity index (χ0v) is 13.0. The van der Waals surface area contributed by atoms with Gasteiger partial charge < -0.3 is 15.8 Å². The van der Waals surface area contributed by atoms with Gasteiger partial charge in [0.15, 0.2) is 5.84 Å². The van der Waals surface area contributed by atoms with Crippen molar-refractivity contribution in [3.8, 4) is 0 Å². The van der Waals surface area contributed by atoms with Gasteiger partial charge in [-0.1, -0.05) is 18.1 Å². The van der Waals surface area contributed by atoms with Crippen LogP contribution in [0.5, 0.6) is 0 Å². The molecular weight excluding hydrogens is 270 g/mol. The molecule has 4 nitrogen and oxygen atoms in total. The van der Waals surface area contributed by atoms with Crippen LogP contribution in [0.4, 0.5) is 5.69 Å². The van der Waals surface area contributed by atoms with Crippen molar-refractivity contribution >= 4 is 23.3 Å². The highest BCUT2D eigenvalue weighted by Gasteiger charge is 2.26. The van der Waals surface area contributed by atoms with Crippen LogP contribution in [0.15, 0.2) is 28.3 Å². The smallest absolute Gasteiger partial charge is 0.173 e. The summed E-state index contributed by atoms with van der Waals surface area (Å²) in [5, 5.41) is 12.3. The number of anilines is 1. The fourth-order valence-corrected chi connectivity index (χ4v) is 3.08. The van der Waals surface area contributed by atoms with Gasteiger partial charge in [-0.25, -0.2) is 0 Å². The summed E-state index contributed by atoms with van der Waals surface area (Å²) in [4.78, 5) is 3.43. The number of thioether (sulfide) groups is 1. The third-order valence-electron chi connectivity index (χ3n) is 3.60. The Hall–Kier alpha value is -1.36. The highest BCUT2D eigenvalue weighted by molar-refractivity contribution is 7.98. The lowest BCUT2D eigenvalue weighted by atomic mass is 10.1. The maximum Gasteiger partial charge on any atom is 0.173 e. The second-order valence-corrected chi connectivity index (χ2v) is 6.08. The van der Waals surface area contributed by atoms with Crippen molar-refractivity contribution in [2.75, 3.05) is 24.2 Å². The van der Waals surface area contributed by atoms with Gasteiger partial charge >= 0.3 is 0 Å². The van der Waals surface area contributed by atoms with Crippen LogP contribution in [-0.4, -0.2) is 30.4 Å². The highest BCUT2D eigenvalue weighted by atomic mass is 32.2. The number of amidine groups is 1. The Balaban J connectivity index is 2.40. The Labute approximate surface area is 125 Å². The monoisotopic (exact) mass is 293 g/mol. The average Bonchev–Trinajstić information content (AvgIpc) is 3.29. The van der Waals surface area contributed by atoms with Crippen LogP contribution in [-0.2, 0) is 0 Å². The minimum atomic E-state index is 0.196. The third kappa shape index (κ3) is 3.39. The fourth-order valence-electron chi connectivity index (χ4n) is 2.45. The topological polar surface area (TPSA) is 61.8 Å². The van der Waals surface area contributed by atoms with Crippen molar-refractivity contribution in [1.29, 1.82) is 0 Å². The molecular formula is C15H23N3OS. The van der Waals surface area contributed by atoms with E-state index in [0.29, 0.717) is 0 Å². The minimum Gasteiger partial charge on any atom is -0.409 e. The summed E-state index contributed by atoms with van der Waals surface area (Å²) in [5.41, 5.74) is 7.85. The van der Waals surface area contributed by atoms with Gasteiger partial charge in [-0.2, -0.15) is 0 Å². The predicted molar refractivity (Wildman–Crippen MR) is 86.0 cm³/mol. The zero-order valence-electron chi connectivity index (χ0n) is 12.2. The summed E-state index contributed by atoms with van der Waals surface area (Å²) < 4.78 is 0. The number of nitrogens with two attached hydrogens (primary N) is 1. The van der Waals surface area contributed by atoms with E-state index in [1.165, 1.54) is 12.8 Å². The lowest BCUT2D eigenvalue weighted by molar-refractivity contribution is 0.318. The van der Waals surface area contributed by atoms with E-state index >= 15 is 0 Å². The lowest BCUT2D eigenvalue weighted by Gasteiger charge is -2.27. The molecule has 1 aromatic carbocycles. The molecule has 0 aliphatic heterocycles. The van der Waals surface area contributed by atoms with Gasteiger partial charge in [0.1, 0.15) is 0 Å².